The van der Waals surface area contributed by atoms with Crippen molar-refractivity contribution < 1.29 is 14.3 Å². The predicted octanol–water partition coefficient (Wildman–Crippen LogP) is 6.68. The highest BCUT2D eigenvalue weighted by atomic mass is 16.6. The van der Waals surface area contributed by atoms with Gasteiger partial charge in [-0.25, -0.2) is 0 Å². The summed E-state index contributed by atoms with van der Waals surface area (Å²) in [6.07, 6.45) is 7.00. The van der Waals surface area contributed by atoms with Gasteiger partial charge >= 0.3 is 5.97 Å². The molecule has 0 aliphatic heterocycles. The normalized spacial score (nSPS) is 13.2. The third-order valence-corrected chi connectivity index (χ3v) is 4.86. The monoisotopic (exact) mass is 406 g/mol. The SMILES string of the molecule is C=C/C=C\C(=C)C(=C)/C(OCCOC(=O)C(C)C(C)(C)C)=C(\C=C)c1ccccc1. The maximum Gasteiger partial charge on any atom is 0.309 e. The molecule has 0 saturated carbocycles. The minimum atomic E-state index is -0.235. The lowest BCUT2D eigenvalue weighted by atomic mass is 9.82. The number of carbonyl (C=O) groups excluding carboxylic acids is 1. The summed E-state index contributed by atoms with van der Waals surface area (Å²) in [4.78, 5) is 12.3. The van der Waals surface area contributed by atoms with Crippen LogP contribution in [0.3, 0.4) is 0 Å². The largest absolute Gasteiger partial charge is 0.489 e. The summed E-state index contributed by atoms with van der Waals surface area (Å²) in [5, 5.41) is 0. The van der Waals surface area contributed by atoms with E-state index in [1.165, 1.54) is 0 Å². The van der Waals surface area contributed by atoms with Gasteiger partial charge in [-0.1, -0.05) is 109 Å². The summed E-state index contributed by atoms with van der Waals surface area (Å²) < 4.78 is 11.5. The average molecular weight is 407 g/mol. The highest BCUT2D eigenvalue weighted by molar-refractivity contribution is 5.79. The second-order valence-electron chi connectivity index (χ2n) is 8.02. The molecular weight excluding hydrogens is 372 g/mol. The van der Waals surface area contributed by atoms with Crippen LogP contribution in [0.5, 0.6) is 0 Å². The van der Waals surface area contributed by atoms with Gasteiger partial charge in [0, 0.05) is 11.1 Å². The van der Waals surface area contributed by atoms with Crippen LogP contribution in [0, 0.1) is 11.3 Å². The fourth-order valence-corrected chi connectivity index (χ4v) is 2.48. The molecule has 0 aliphatic rings. The van der Waals surface area contributed by atoms with E-state index < -0.39 is 0 Å². The maximum absolute atomic E-state index is 12.3. The Kier molecular flexibility index (Phi) is 9.83. The van der Waals surface area contributed by atoms with E-state index in [2.05, 4.69) is 26.3 Å². The minimum Gasteiger partial charge on any atom is -0.489 e. The van der Waals surface area contributed by atoms with Gasteiger partial charge in [0.05, 0.1) is 5.92 Å². The van der Waals surface area contributed by atoms with E-state index in [0.29, 0.717) is 16.9 Å². The second-order valence-corrected chi connectivity index (χ2v) is 8.02. The van der Waals surface area contributed by atoms with Crippen molar-refractivity contribution in [2.75, 3.05) is 13.2 Å². The molecule has 1 aromatic carbocycles. The van der Waals surface area contributed by atoms with Crippen LogP contribution >= 0.6 is 0 Å². The zero-order valence-corrected chi connectivity index (χ0v) is 18.7. The molecule has 3 heteroatoms. The lowest BCUT2D eigenvalue weighted by Gasteiger charge is -2.25. The Bertz CT molecular complexity index is 833. The predicted molar refractivity (Wildman–Crippen MR) is 127 cm³/mol. The molecular formula is C27H34O3. The van der Waals surface area contributed by atoms with E-state index in [1.54, 1.807) is 18.2 Å². The van der Waals surface area contributed by atoms with Crippen molar-refractivity contribution in [3.05, 3.63) is 103 Å². The van der Waals surface area contributed by atoms with Gasteiger partial charge in [0.25, 0.3) is 0 Å². The van der Waals surface area contributed by atoms with Crippen LogP contribution in [-0.4, -0.2) is 19.2 Å². The number of rotatable bonds is 11. The molecule has 0 amide bonds. The van der Waals surface area contributed by atoms with Crippen molar-refractivity contribution in [2.24, 2.45) is 11.3 Å². The molecule has 0 radical (unpaired) electrons. The van der Waals surface area contributed by atoms with E-state index >= 15 is 0 Å². The van der Waals surface area contributed by atoms with Gasteiger partial charge < -0.3 is 9.47 Å². The van der Waals surface area contributed by atoms with Gasteiger partial charge in [-0.3, -0.25) is 4.79 Å². The minimum absolute atomic E-state index is 0.143. The van der Waals surface area contributed by atoms with Crippen LogP contribution in [0.4, 0.5) is 0 Å². The first-order valence-electron chi connectivity index (χ1n) is 10.0. The molecule has 0 aliphatic carbocycles. The number of benzene rings is 1. The standard InChI is InChI=1S/C27H34O3/c1-9-11-15-20(3)21(4)25(24(10-2)23-16-13-12-14-17-23)29-18-19-30-26(28)22(5)27(6,7)8/h9-17,22H,1-4,18-19H2,5-8H3/b15-11-,25-24-. The summed E-state index contributed by atoms with van der Waals surface area (Å²) in [5.41, 5.74) is 2.90. The first kappa shape index (κ1) is 25.0. The van der Waals surface area contributed by atoms with Crippen LogP contribution < -0.4 is 0 Å². The summed E-state index contributed by atoms with van der Waals surface area (Å²) >= 11 is 0. The molecule has 1 rings (SSSR count). The molecule has 3 nitrogen and oxygen atoms in total. The molecule has 0 heterocycles. The summed E-state index contributed by atoms with van der Waals surface area (Å²) in [6, 6.07) is 9.78. The fraction of sp³-hybridized carbons (Fsp3) is 0.296. The number of esters is 1. The Balaban J connectivity index is 3.04. The van der Waals surface area contributed by atoms with Crippen LogP contribution in [0.1, 0.15) is 33.3 Å². The summed E-state index contributed by atoms with van der Waals surface area (Å²) in [5.74, 6) is 0.106. The van der Waals surface area contributed by atoms with Crippen LogP contribution in [0.2, 0.25) is 0 Å². The topological polar surface area (TPSA) is 35.5 Å². The third kappa shape index (κ3) is 7.40. The van der Waals surface area contributed by atoms with Crippen LogP contribution in [-0.2, 0) is 14.3 Å². The highest BCUT2D eigenvalue weighted by Crippen LogP contribution is 2.29. The van der Waals surface area contributed by atoms with Crippen molar-refractivity contribution in [1.82, 2.24) is 0 Å². The Labute approximate surface area is 181 Å². The third-order valence-electron chi connectivity index (χ3n) is 4.86. The first-order valence-corrected chi connectivity index (χ1v) is 10.0. The summed E-state index contributed by atoms with van der Waals surface area (Å²) in [6.45, 7) is 24.1. The van der Waals surface area contributed by atoms with E-state index in [-0.39, 0.29) is 30.5 Å². The molecule has 30 heavy (non-hydrogen) atoms. The van der Waals surface area contributed by atoms with Gasteiger partial charge in [0.2, 0.25) is 0 Å². The average Bonchev–Trinajstić information content (AvgIpc) is 2.72. The molecule has 0 N–H and O–H groups in total. The van der Waals surface area contributed by atoms with Crippen molar-refractivity contribution in [2.45, 2.75) is 27.7 Å². The molecule has 0 bridgehead atoms. The molecule has 0 saturated heterocycles. The molecule has 160 valence electrons. The number of hydrogen-bond donors (Lipinski definition) is 0. The van der Waals surface area contributed by atoms with Gasteiger partial charge in [-0.2, -0.15) is 0 Å². The fourth-order valence-electron chi connectivity index (χ4n) is 2.48. The quantitative estimate of drug-likeness (QED) is 0.178. The lowest BCUT2D eigenvalue weighted by Crippen LogP contribution is -2.28. The van der Waals surface area contributed by atoms with Gasteiger partial charge in [0.15, 0.2) is 0 Å². The molecule has 0 aromatic heterocycles. The zero-order valence-electron chi connectivity index (χ0n) is 18.7. The Morgan fingerprint density at radius 1 is 1.07 bits per heavy atom. The number of ether oxygens (including phenoxy) is 2. The van der Waals surface area contributed by atoms with Crippen molar-refractivity contribution >= 4 is 11.5 Å². The Morgan fingerprint density at radius 2 is 1.67 bits per heavy atom. The van der Waals surface area contributed by atoms with Gasteiger partial charge in [-0.05, 0) is 16.6 Å². The van der Waals surface area contributed by atoms with Crippen molar-refractivity contribution in [3.63, 3.8) is 0 Å². The lowest BCUT2D eigenvalue weighted by molar-refractivity contribution is -0.152. The second kappa shape index (κ2) is 11.8. The zero-order chi connectivity index (χ0) is 22.7. The van der Waals surface area contributed by atoms with Crippen molar-refractivity contribution in [3.8, 4) is 0 Å². The van der Waals surface area contributed by atoms with Gasteiger partial charge in [0.1, 0.15) is 19.0 Å². The number of hydrogen-bond acceptors (Lipinski definition) is 3. The Morgan fingerprint density at radius 3 is 2.20 bits per heavy atom. The molecule has 1 aromatic rings. The Hall–Kier alpha value is -3.07. The maximum atomic E-state index is 12.3. The molecule has 0 spiro atoms. The molecule has 1 atom stereocenters. The van der Waals surface area contributed by atoms with Crippen LogP contribution in [0.25, 0.3) is 5.57 Å². The number of carbonyl (C=O) groups is 1. The first-order chi connectivity index (χ1) is 14.1. The summed E-state index contributed by atoms with van der Waals surface area (Å²) in [7, 11) is 0. The molecule has 0 fully saturated rings. The molecule has 1 unspecified atom stereocenters. The highest BCUT2D eigenvalue weighted by Gasteiger charge is 2.28. The van der Waals surface area contributed by atoms with Crippen molar-refractivity contribution in [1.29, 1.82) is 0 Å². The number of allylic oxidation sites excluding steroid dienone is 6. The van der Waals surface area contributed by atoms with E-state index in [1.807, 2.05) is 64.1 Å². The van der Waals surface area contributed by atoms with E-state index in [0.717, 1.165) is 11.1 Å². The smallest absolute Gasteiger partial charge is 0.309 e. The van der Waals surface area contributed by atoms with Crippen LogP contribution in [0.15, 0.2) is 97.9 Å². The van der Waals surface area contributed by atoms with E-state index in [9.17, 15) is 4.79 Å². The van der Waals surface area contributed by atoms with E-state index in [4.69, 9.17) is 9.47 Å². The van der Waals surface area contributed by atoms with Gasteiger partial charge in [-0.15, -0.1) is 0 Å².